The molecule has 1 aromatic carbocycles. The summed E-state index contributed by atoms with van der Waals surface area (Å²) in [7, 11) is 0. The average molecular weight is 356 g/mol. The SMILES string of the molecule is CC(N)C(=O)Nc1ccc(Cl)c(Cl)c1C(=O)c1ncccc1F. The van der Waals surface area contributed by atoms with E-state index < -0.39 is 29.2 Å². The molecule has 1 heterocycles. The molecule has 120 valence electrons. The lowest BCUT2D eigenvalue weighted by Crippen LogP contribution is -2.33. The maximum absolute atomic E-state index is 13.8. The minimum absolute atomic E-state index is 0.0803. The second-order valence-corrected chi connectivity index (χ2v) is 5.51. The second-order valence-electron chi connectivity index (χ2n) is 4.72. The summed E-state index contributed by atoms with van der Waals surface area (Å²) in [6.45, 7) is 1.48. The number of rotatable bonds is 4. The highest BCUT2D eigenvalue weighted by Crippen LogP contribution is 2.33. The number of amides is 1. The molecule has 0 radical (unpaired) electrons. The fraction of sp³-hybridized carbons (Fsp3) is 0.133. The molecule has 0 saturated heterocycles. The van der Waals surface area contributed by atoms with E-state index in [4.69, 9.17) is 28.9 Å². The minimum Gasteiger partial charge on any atom is -0.324 e. The van der Waals surface area contributed by atoms with Crippen LogP contribution in [0.1, 0.15) is 23.0 Å². The van der Waals surface area contributed by atoms with Crippen LogP contribution >= 0.6 is 23.2 Å². The molecule has 0 aliphatic heterocycles. The van der Waals surface area contributed by atoms with Crippen molar-refractivity contribution in [2.45, 2.75) is 13.0 Å². The third-order valence-electron chi connectivity index (χ3n) is 2.97. The summed E-state index contributed by atoms with van der Waals surface area (Å²) in [6.07, 6.45) is 1.27. The van der Waals surface area contributed by atoms with E-state index in [0.717, 1.165) is 6.07 Å². The largest absolute Gasteiger partial charge is 0.324 e. The summed E-state index contributed by atoms with van der Waals surface area (Å²) in [6, 6.07) is 4.44. The Morgan fingerprint density at radius 2 is 2.00 bits per heavy atom. The van der Waals surface area contributed by atoms with Gasteiger partial charge >= 0.3 is 0 Å². The van der Waals surface area contributed by atoms with Crippen molar-refractivity contribution in [2.24, 2.45) is 5.73 Å². The van der Waals surface area contributed by atoms with Crippen LogP contribution < -0.4 is 11.1 Å². The number of nitrogens with one attached hydrogen (secondary N) is 1. The van der Waals surface area contributed by atoms with Gasteiger partial charge in [-0.2, -0.15) is 0 Å². The van der Waals surface area contributed by atoms with Gasteiger partial charge in [-0.3, -0.25) is 9.59 Å². The lowest BCUT2D eigenvalue weighted by molar-refractivity contribution is -0.117. The highest BCUT2D eigenvalue weighted by Gasteiger charge is 2.24. The van der Waals surface area contributed by atoms with Gasteiger partial charge in [0.15, 0.2) is 5.82 Å². The van der Waals surface area contributed by atoms with E-state index in [0.29, 0.717) is 0 Å². The molecule has 0 aliphatic rings. The summed E-state index contributed by atoms with van der Waals surface area (Å²) in [4.78, 5) is 28.1. The zero-order valence-corrected chi connectivity index (χ0v) is 13.5. The Bertz CT molecular complexity index is 781. The molecule has 23 heavy (non-hydrogen) atoms. The molecule has 2 aromatic rings. The van der Waals surface area contributed by atoms with Crippen LogP contribution in [0.2, 0.25) is 10.0 Å². The van der Waals surface area contributed by atoms with Crippen LogP contribution in [0.15, 0.2) is 30.5 Å². The summed E-state index contributed by atoms with van der Waals surface area (Å²) >= 11 is 12.0. The van der Waals surface area contributed by atoms with Crippen LogP contribution in [0, 0.1) is 5.82 Å². The van der Waals surface area contributed by atoms with E-state index in [1.807, 2.05) is 0 Å². The molecule has 3 N–H and O–H groups in total. The monoisotopic (exact) mass is 355 g/mol. The number of anilines is 1. The lowest BCUT2D eigenvalue weighted by Gasteiger charge is -2.14. The van der Waals surface area contributed by atoms with Crippen molar-refractivity contribution in [1.29, 1.82) is 0 Å². The number of hydrogen-bond acceptors (Lipinski definition) is 4. The van der Waals surface area contributed by atoms with Crippen molar-refractivity contribution in [3.05, 3.63) is 57.6 Å². The third-order valence-corrected chi connectivity index (χ3v) is 3.77. The number of nitrogens with two attached hydrogens (primary N) is 1. The van der Waals surface area contributed by atoms with Crippen molar-refractivity contribution < 1.29 is 14.0 Å². The zero-order chi connectivity index (χ0) is 17.1. The van der Waals surface area contributed by atoms with Gasteiger partial charge in [0.2, 0.25) is 11.7 Å². The molecule has 5 nitrogen and oxygen atoms in total. The molecule has 0 aliphatic carbocycles. The maximum Gasteiger partial charge on any atom is 0.241 e. The Balaban J connectivity index is 2.56. The molecular formula is C15H12Cl2FN3O2. The van der Waals surface area contributed by atoms with Gasteiger partial charge in [-0.15, -0.1) is 0 Å². The fourth-order valence-electron chi connectivity index (χ4n) is 1.79. The Hall–Kier alpha value is -2.02. The number of halogens is 3. The van der Waals surface area contributed by atoms with E-state index >= 15 is 0 Å². The second kappa shape index (κ2) is 7.04. The average Bonchev–Trinajstić information content (AvgIpc) is 2.51. The van der Waals surface area contributed by atoms with Gasteiger partial charge < -0.3 is 11.1 Å². The van der Waals surface area contributed by atoms with Gasteiger partial charge in [0.25, 0.3) is 0 Å². The van der Waals surface area contributed by atoms with Crippen LogP contribution in [0.3, 0.4) is 0 Å². The zero-order valence-electron chi connectivity index (χ0n) is 11.9. The molecule has 0 spiro atoms. The molecule has 2 rings (SSSR count). The first-order valence-corrected chi connectivity index (χ1v) is 7.28. The summed E-state index contributed by atoms with van der Waals surface area (Å²) in [5.41, 5.74) is 4.99. The number of carbonyl (C=O) groups is 2. The Kier molecular flexibility index (Phi) is 5.30. The molecule has 1 aromatic heterocycles. The van der Waals surface area contributed by atoms with E-state index in [1.54, 1.807) is 0 Å². The van der Waals surface area contributed by atoms with Gasteiger partial charge in [-0.05, 0) is 31.2 Å². The van der Waals surface area contributed by atoms with E-state index in [-0.39, 0.29) is 21.3 Å². The number of benzene rings is 1. The van der Waals surface area contributed by atoms with Crippen molar-refractivity contribution >= 4 is 40.6 Å². The number of hydrogen-bond donors (Lipinski definition) is 2. The maximum atomic E-state index is 13.8. The predicted molar refractivity (Wildman–Crippen MR) is 86.4 cm³/mol. The predicted octanol–water partition coefficient (Wildman–Crippen LogP) is 3.04. The van der Waals surface area contributed by atoms with Gasteiger partial charge in [0.05, 0.1) is 27.3 Å². The normalized spacial score (nSPS) is 11.9. The van der Waals surface area contributed by atoms with Gasteiger partial charge in [-0.25, -0.2) is 9.37 Å². The molecule has 1 atom stereocenters. The molecule has 0 saturated carbocycles. The number of pyridine rings is 1. The van der Waals surface area contributed by atoms with Crippen molar-refractivity contribution in [1.82, 2.24) is 4.98 Å². The quantitative estimate of drug-likeness (QED) is 0.825. The Morgan fingerprint density at radius 1 is 1.30 bits per heavy atom. The van der Waals surface area contributed by atoms with E-state index in [9.17, 15) is 14.0 Å². The van der Waals surface area contributed by atoms with Crippen LogP contribution in [-0.4, -0.2) is 22.7 Å². The summed E-state index contributed by atoms with van der Waals surface area (Å²) in [5, 5.41) is 2.45. The first kappa shape index (κ1) is 17.3. The highest BCUT2D eigenvalue weighted by atomic mass is 35.5. The van der Waals surface area contributed by atoms with Crippen molar-refractivity contribution in [2.75, 3.05) is 5.32 Å². The molecule has 8 heteroatoms. The Labute approximate surface area is 141 Å². The molecule has 0 bridgehead atoms. The van der Waals surface area contributed by atoms with E-state index in [1.165, 1.54) is 31.3 Å². The molecule has 1 amide bonds. The Morgan fingerprint density at radius 3 is 2.61 bits per heavy atom. The smallest absolute Gasteiger partial charge is 0.241 e. The van der Waals surface area contributed by atoms with Crippen molar-refractivity contribution in [3.63, 3.8) is 0 Å². The number of ketones is 1. The number of aromatic nitrogens is 1. The van der Waals surface area contributed by atoms with Gasteiger partial charge in [-0.1, -0.05) is 23.2 Å². The minimum atomic E-state index is -0.807. The summed E-state index contributed by atoms with van der Waals surface area (Å²) in [5.74, 6) is -2.13. The molecular weight excluding hydrogens is 344 g/mol. The topological polar surface area (TPSA) is 85.1 Å². The molecule has 0 fully saturated rings. The fourth-order valence-corrected chi connectivity index (χ4v) is 2.20. The van der Waals surface area contributed by atoms with Crippen LogP contribution in [0.5, 0.6) is 0 Å². The lowest BCUT2D eigenvalue weighted by atomic mass is 10.0. The van der Waals surface area contributed by atoms with Crippen molar-refractivity contribution in [3.8, 4) is 0 Å². The van der Waals surface area contributed by atoms with Crippen LogP contribution in [-0.2, 0) is 4.79 Å². The number of carbonyl (C=O) groups excluding carboxylic acids is 2. The molecule has 1 unspecified atom stereocenters. The first-order valence-electron chi connectivity index (χ1n) is 6.52. The highest BCUT2D eigenvalue weighted by molar-refractivity contribution is 6.45. The van der Waals surface area contributed by atoms with Gasteiger partial charge in [0.1, 0.15) is 5.69 Å². The number of nitrogens with zero attached hydrogens (tertiary/aromatic N) is 1. The van der Waals surface area contributed by atoms with E-state index in [2.05, 4.69) is 10.3 Å². The van der Waals surface area contributed by atoms with Crippen LogP contribution in [0.25, 0.3) is 0 Å². The first-order chi connectivity index (χ1) is 10.8. The standard InChI is InChI=1S/C15H12Cl2FN3O2/c1-7(19)15(23)21-10-5-4-8(16)12(17)11(10)14(22)13-9(18)3-2-6-20-13/h2-7H,19H2,1H3,(H,21,23). The van der Waals surface area contributed by atoms with Gasteiger partial charge in [0, 0.05) is 6.20 Å². The third kappa shape index (κ3) is 3.67. The van der Waals surface area contributed by atoms with Crippen LogP contribution in [0.4, 0.5) is 10.1 Å². The summed E-state index contributed by atoms with van der Waals surface area (Å²) < 4.78 is 13.8.